The third-order valence-electron chi connectivity index (χ3n) is 3.33. The highest BCUT2D eigenvalue weighted by molar-refractivity contribution is 6.32. The van der Waals surface area contributed by atoms with Crippen molar-refractivity contribution >= 4 is 11.6 Å². The maximum Gasteiger partial charge on any atom is 0.231 e. The van der Waals surface area contributed by atoms with Gasteiger partial charge in [-0.25, -0.2) is 0 Å². The van der Waals surface area contributed by atoms with Crippen LogP contribution < -0.4 is 19.9 Å². The summed E-state index contributed by atoms with van der Waals surface area (Å²) in [5.41, 5.74) is 8.18. The van der Waals surface area contributed by atoms with E-state index in [4.69, 9.17) is 31.5 Å². The van der Waals surface area contributed by atoms with Crippen LogP contribution in [0.1, 0.15) is 17.2 Å². The van der Waals surface area contributed by atoms with Crippen LogP contribution in [0.15, 0.2) is 36.4 Å². The molecule has 0 saturated heterocycles. The van der Waals surface area contributed by atoms with E-state index in [0.29, 0.717) is 17.4 Å². The molecule has 0 spiro atoms. The minimum atomic E-state index is -0.267. The Kier molecular flexibility index (Phi) is 3.90. The minimum Gasteiger partial charge on any atom is -0.490 e. The number of nitrogens with two attached hydrogens (primary N) is 1. The zero-order chi connectivity index (χ0) is 14.8. The summed E-state index contributed by atoms with van der Waals surface area (Å²) in [7, 11) is 0. The van der Waals surface area contributed by atoms with Gasteiger partial charge in [0.15, 0.2) is 11.5 Å². The van der Waals surface area contributed by atoms with Gasteiger partial charge in [0.2, 0.25) is 6.79 Å². The van der Waals surface area contributed by atoms with E-state index in [1.807, 2.05) is 43.3 Å². The number of hydrogen-bond acceptors (Lipinski definition) is 4. The Balaban J connectivity index is 1.67. The summed E-state index contributed by atoms with van der Waals surface area (Å²) in [6.07, 6.45) is 0. The van der Waals surface area contributed by atoms with Gasteiger partial charge in [-0.1, -0.05) is 23.7 Å². The van der Waals surface area contributed by atoms with E-state index in [2.05, 4.69) is 0 Å². The average molecular weight is 306 g/mol. The number of ether oxygens (including phenoxy) is 3. The fourth-order valence-electron chi connectivity index (χ4n) is 2.14. The number of fused-ring (bicyclic) bond motifs is 1. The molecule has 1 aliphatic rings. The van der Waals surface area contributed by atoms with Gasteiger partial charge < -0.3 is 19.9 Å². The van der Waals surface area contributed by atoms with Crippen LogP contribution in [0.5, 0.6) is 17.2 Å². The molecule has 1 heterocycles. The van der Waals surface area contributed by atoms with Crippen molar-refractivity contribution in [2.45, 2.75) is 13.0 Å². The summed E-state index contributed by atoms with van der Waals surface area (Å²) >= 11 is 6.13. The van der Waals surface area contributed by atoms with E-state index in [0.717, 1.165) is 22.6 Å². The summed E-state index contributed by atoms with van der Waals surface area (Å²) in [4.78, 5) is 0. The summed E-state index contributed by atoms with van der Waals surface area (Å²) < 4.78 is 16.3. The SMILES string of the molecule is Cc1ccc(OCC(N)c2ccc3c(c2)OCO3)c(Cl)c1. The molecular weight excluding hydrogens is 290 g/mol. The highest BCUT2D eigenvalue weighted by Gasteiger charge is 2.16. The van der Waals surface area contributed by atoms with Crippen LogP contribution in [0.4, 0.5) is 0 Å². The van der Waals surface area contributed by atoms with Crippen LogP contribution in [0.2, 0.25) is 5.02 Å². The van der Waals surface area contributed by atoms with Crippen LogP contribution >= 0.6 is 11.6 Å². The first kappa shape index (κ1) is 14.0. The van der Waals surface area contributed by atoms with E-state index in [1.165, 1.54) is 0 Å². The molecule has 0 fully saturated rings. The normalized spacial score (nSPS) is 14.0. The molecular formula is C16H16ClNO3. The summed E-state index contributed by atoms with van der Waals surface area (Å²) in [5.74, 6) is 2.10. The zero-order valence-electron chi connectivity index (χ0n) is 11.6. The smallest absolute Gasteiger partial charge is 0.231 e. The topological polar surface area (TPSA) is 53.7 Å². The minimum absolute atomic E-state index is 0.253. The van der Waals surface area contributed by atoms with E-state index in [9.17, 15) is 0 Å². The molecule has 2 aromatic rings. The molecule has 0 saturated carbocycles. The second-order valence-electron chi connectivity index (χ2n) is 4.96. The fraction of sp³-hybridized carbons (Fsp3) is 0.250. The molecule has 0 aliphatic carbocycles. The Bertz CT molecular complexity index is 660. The van der Waals surface area contributed by atoms with E-state index >= 15 is 0 Å². The molecule has 0 bridgehead atoms. The lowest BCUT2D eigenvalue weighted by Crippen LogP contribution is -2.19. The van der Waals surface area contributed by atoms with Crippen molar-refractivity contribution in [1.82, 2.24) is 0 Å². The number of benzene rings is 2. The molecule has 4 nitrogen and oxygen atoms in total. The molecule has 2 aromatic carbocycles. The standard InChI is InChI=1S/C16H16ClNO3/c1-10-2-4-14(12(17)6-10)19-8-13(18)11-3-5-15-16(7-11)21-9-20-15/h2-7,13H,8-9,18H2,1H3. The van der Waals surface area contributed by atoms with E-state index in [-0.39, 0.29) is 12.8 Å². The van der Waals surface area contributed by atoms with Crippen molar-refractivity contribution in [3.63, 3.8) is 0 Å². The Morgan fingerprint density at radius 1 is 1.19 bits per heavy atom. The Morgan fingerprint density at radius 2 is 2.00 bits per heavy atom. The van der Waals surface area contributed by atoms with Crippen molar-refractivity contribution in [2.75, 3.05) is 13.4 Å². The Labute approximate surface area is 128 Å². The van der Waals surface area contributed by atoms with Crippen LogP contribution in [-0.4, -0.2) is 13.4 Å². The summed E-state index contributed by atoms with van der Waals surface area (Å²) in [6, 6.07) is 11.1. The van der Waals surface area contributed by atoms with Gasteiger partial charge in [-0.15, -0.1) is 0 Å². The molecule has 1 aliphatic heterocycles. The maximum absolute atomic E-state index is 6.15. The van der Waals surface area contributed by atoms with Crippen LogP contribution in [-0.2, 0) is 0 Å². The second-order valence-corrected chi connectivity index (χ2v) is 5.37. The van der Waals surface area contributed by atoms with Crippen molar-refractivity contribution in [1.29, 1.82) is 0 Å². The van der Waals surface area contributed by atoms with Gasteiger partial charge >= 0.3 is 0 Å². The van der Waals surface area contributed by atoms with Crippen molar-refractivity contribution in [3.05, 3.63) is 52.5 Å². The average Bonchev–Trinajstić information content (AvgIpc) is 2.93. The zero-order valence-corrected chi connectivity index (χ0v) is 12.4. The Hall–Kier alpha value is -1.91. The molecule has 21 heavy (non-hydrogen) atoms. The highest BCUT2D eigenvalue weighted by atomic mass is 35.5. The quantitative estimate of drug-likeness (QED) is 0.940. The third kappa shape index (κ3) is 3.06. The van der Waals surface area contributed by atoms with Crippen molar-refractivity contribution < 1.29 is 14.2 Å². The van der Waals surface area contributed by atoms with Crippen LogP contribution in [0.25, 0.3) is 0 Å². The molecule has 5 heteroatoms. The number of hydrogen-bond donors (Lipinski definition) is 1. The fourth-order valence-corrected chi connectivity index (χ4v) is 2.43. The van der Waals surface area contributed by atoms with Crippen molar-refractivity contribution in [2.24, 2.45) is 5.73 Å². The van der Waals surface area contributed by atoms with Crippen LogP contribution in [0, 0.1) is 6.92 Å². The first-order valence-corrected chi connectivity index (χ1v) is 7.05. The highest BCUT2D eigenvalue weighted by Crippen LogP contribution is 2.34. The molecule has 3 rings (SSSR count). The first-order valence-electron chi connectivity index (χ1n) is 6.67. The molecule has 1 atom stereocenters. The number of halogens is 1. The van der Waals surface area contributed by atoms with Crippen LogP contribution in [0.3, 0.4) is 0 Å². The third-order valence-corrected chi connectivity index (χ3v) is 3.63. The van der Waals surface area contributed by atoms with Crippen molar-refractivity contribution in [3.8, 4) is 17.2 Å². The van der Waals surface area contributed by atoms with Gasteiger partial charge in [-0.2, -0.15) is 0 Å². The lowest BCUT2D eigenvalue weighted by atomic mass is 10.1. The number of aryl methyl sites for hydroxylation is 1. The predicted octanol–water partition coefficient (Wildman–Crippen LogP) is 3.46. The molecule has 2 N–H and O–H groups in total. The van der Waals surface area contributed by atoms with Gasteiger partial charge in [0.05, 0.1) is 11.1 Å². The maximum atomic E-state index is 6.15. The monoisotopic (exact) mass is 305 g/mol. The molecule has 0 amide bonds. The van der Waals surface area contributed by atoms with Gasteiger partial charge in [0.1, 0.15) is 12.4 Å². The second kappa shape index (κ2) is 5.84. The Morgan fingerprint density at radius 3 is 2.81 bits per heavy atom. The summed E-state index contributed by atoms with van der Waals surface area (Å²) in [5, 5.41) is 0.591. The molecule has 0 radical (unpaired) electrons. The van der Waals surface area contributed by atoms with Gasteiger partial charge in [0.25, 0.3) is 0 Å². The molecule has 0 aromatic heterocycles. The molecule has 110 valence electrons. The number of rotatable bonds is 4. The largest absolute Gasteiger partial charge is 0.490 e. The van der Waals surface area contributed by atoms with Gasteiger partial charge in [0, 0.05) is 0 Å². The molecule has 1 unspecified atom stereocenters. The lowest BCUT2D eigenvalue weighted by molar-refractivity contribution is 0.174. The first-order chi connectivity index (χ1) is 10.1. The van der Waals surface area contributed by atoms with E-state index < -0.39 is 0 Å². The summed E-state index contributed by atoms with van der Waals surface area (Å²) in [6.45, 7) is 2.57. The van der Waals surface area contributed by atoms with E-state index in [1.54, 1.807) is 0 Å². The predicted molar refractivity (Wildman–Crippen MR) is 81.2 cm³/mol. The van der Waals surface area contributed by atoms with Gasteiger partial charge in [-0.05, 0) is 42.3 Å². The lowest BCUT2D eigenvalue weighted by Gasteiger charge is -2.15. The van der Waals surface area contributed by atoms with Gasteiger partial charge in [-0.3, -0.25) is 0 Å².